The molecular formula is C15H19ClO4. The molecule has 0 heterocycles. The van der Waals surface area contributed by atoms with E-state index < -0.39 is 23.3 Å². The first-order chi connectivity index (χ1) is 9.39. The van der Waals surface area contributed by atoms with Crippen molar-refractivity contribution in [3.8, 4) is 0 Å². The molecule has 2 N–H and O–H groups in total. The lowest BCUT2D eigenvalue weighted by atomic mass is 9.62. The van der Waals surface area contributed by atoms with E-state index in [0.29, 0.717) is 17.6 Å². The third kappa shape index (κ3) is 2.16. The molecule has 0 aromatic rings. The summed E-state index contributed by atoms with van der Waals surface area (Å²) < 4.78 is 0. The normalized spacial score (nSPS) is 30.1. The van der Waals surface area contributed by atoms with Crippen LogP contribution in [0.5, 0.6) is 0 Å². The zero-order chi connectivity index (χ0) is 15.1. The van der Waals surface area contributed by atoms with Crippen LogP contribution in [0, 0.1) is 17.3 Å². The van der Waals surface area contributed by atoms with Crippen LogP contribution in [0.25, 0.3) is 0 Å². The van der Waals surface area contributed by atoms with Gasteiger partial charge in [0.1, 0.15) is 0 Å². The van der Waals surface area contributed by atoms with Crippen molar-refractivity contribution in [3.05, 3.63) is 22.8 Å². The van der Waals surface area contributed by atoms with Gasteiger partial charge in [-0.25, -0.2) is 4.79 Å². The minimum absolute atomic E-state index is 0.104. The standard InChI is InChI=1S/C15H19ClO4/c1-3-15(14(19)20)6-8(2)10(7-16)11(13(17)18)12(15)9-4-5-9/h6,9,12H,3-5,7H2,1-2H3,(H,17,18)(H,19,20). The summed E-state index contributed by atoms with van der Waals surface area (Å²) in [5.74, 6) is -2.21. The molecule has 2 unspecified atom stereocenters. The number of carboxylic acid groups (broad SMARTS) is 2. The monoisotopic (exact) mass is 298 g/mol. The van der Waals surface area contributed by atoms with Crippen LogP contribution in [0.1, 0.15) is 33.1 Å². The van der Waals surface area contributed by atoms with Crippen LogP contribution >= 0.6 is 11.6 Å². The van der Waals surface area contributed by atoms with Gasteiger partial charge in [0.2, 0.25) is 0 Å². The molecule has 0 bridgehead atoms. The summed E-state index contributed by atoms with van der Waals surface area (Å²) in [7, 11) is 0. The van der Waals surface area contributed by atoms with Crippen LogP contribution < -0.4 is 0 Å². The highest BCUT2D eigenvalue weighted by Crippen LogP contribution is 2.55. The largest absolute Gasteiger partial charge is 0.481 e. The van der Waals surface area contributed by atoms with E-state index in [1.807, 2.05) is 0 Å². The van der Waals surface area contributed by atoms with Gasteiger partial charge in [-0.05, 0) is 43.3 Å². The van der Waals surface area contributed by atoms with E-state index in [9.17, 15) is 19.8 Å². The maximum absolute atomic E-state index is 11.9. The van der Waals surface area contributed by atoms with E-state index in [0.717, 1.165) is 12.8 Å². The van der Waals surface area contributed by atoms with Crippen LogP contribution in [0.2, 0.25) is 0 Å². The molecule has 2 atom stereocenters. The highest BCUT2D eigenvalue weighted by Gasteiger charge is 2.54. The fraction of sp³-hybridized carbons (Fsp3) is 0.600. The molecule has 1 saturated carbocycles. The van der Waals surface area contributed by atoms with Gasteiger partial charge in [-0.3, -0.25) is 4.79 Å². The van der Waals surface area contributed by atoms with E-state index in [1.54, 1.807) is 19.9 Å². The molecule has 1 fully saturated rings. The topological polar surface area (TPSA) is 74.6 Å². The second kappa shape index (κ2) is 5.24. The predicted octanol–water partition coefficient (Wildman–Crippen LogP) is 3.07. The Bertz CT molecular complexity index is 516. The van der Waals surface area contributed by atoms with Crippen molar-refractivity contribution in [2.45, 2.75) is 33.1 Å². The Labute approximate surface area is 123 Å². The van der Waals surface area contributed by atoms with Gasteiger partial charge in [0.25, 0.3) is 0 Å². The first-order valence-electron chi connectivity index (χ1n) is 6.84. The maximum atomic E-state index is 11.9. The molecule has 20 heavy (non-hydrogen) atoms. The van der Waals surface area contributed by atoms with Gasteiger partial charge in [-0.1, -0.05) is 13.0 Å². The van der Waals surface area contributed by atoms with Gasteiger partial charge in [0, 0.05) is 17.4 Å². The lowest BCUT2D eigenvalue weighted by Crippen LogP contribution is -2.43. The van der Waals surface area contributed by atoms with Crippen molar-refractivity contribution in [1.29, 1.82) is 0 Å². The van der Waals surface area contributed by atoms with Crippen molar-refractivity contribution in [3.63, 3.8) is 0 Å². The Morgan fingerprint density at radius 2 is 2.00 bits per heavy atom. The summed E-state index contributed by atoms with van der Waals surface area (Å²) in [5.41, 5.74) is 0.362. The fourth-order valence-electron chi connectivity index (χ4n) is 3.41. The average molecular weight is 299 g/mol. The summed E-state index contributed by atoms with van der Waals surface area (Å²) in [4.78, 5) is 23.6. The van der Waals surface area contributed by atoms with Gasteiger partial charge < -0.3 is 10.2 Å². The minimum atomic E-state index is -1.12. The smallest absolute Gasteiger partial charge is 0.332 e. The number of allylic oxidation sites excluding steroid dienone is 2. The molecule has 4 nitrogen and oxygen atoms in total. The summed E-state index contributed by atoms with van der Waals surface area (Å²) >= 11 is 5.91. The molecule has 5 heteroatoms. The number of hydrogen-bond acceptors (Lipinski definition) is 2. The van der Waals surface area contributed by atoms with E-state index in [-0.39, 0.29) is 17.4 Å². The highest BCUT2D eigenvalue weighted by atomic mass is 35.5. The molecule has 0 radical (unpaired) electrons. The average Bonchev–Trinajstić information content (AvgIpc) is 3.20. The van der Waals surface area contributed by atoms with Crippen LogP contribution in [-0.4, -0.2) is 28.0 Å². The van der Waals surface area contributed by atoms with Gasteiger partial charge >= 0.3 is 11.9 Å². The van der Waals surface area contributed by atoms with Crippen LogP contribution in [-0.2, 0) is 9.59 Å². The molecule has 2 rings (SSSR count). The number of halogens is 1. The first-order valence-corrected chi connectivity index (χ1v) is 7.38. The van der Waals surface area contributed by atoms with E-state index in [1.165, 1.54) is 0 Å². The Morgan fingerprint density at radius 1 is 1.40 bits per heavy atom. The molecule has 110 valence electrons. The molecule has 2 aliphatic carbocycles. The van der Waals surface area contributed by atoms with E-state index >= 15 is 0 Å². The molecule has 0 amide bonds. The van der Waals surface area contributed by atoms with Gasteiger partial charge in [0.15, 0.2) is 0 Å². The first kappa shape index (κ1) is 15.1. The SMILES string of the molecule is CCC1(C(=O)O)C=C(C)C(CCl)=C(C(=O)O)C1C1CC1. The van der Waals surface area contributed by atoms with Crippen molar-refractivity contribution >= 4 is 23.5 Å². The number of rotatable bonds is 5. The quantitative estimate of drug-likeness (QED) is 0.765. The lowest BCUT2D eigenvalue weighted by Gasteiger charge is -2.39. The van der Waals surface area contributed by atoms with Gasteiger partial charge in [0.05, 0.1) is 5.41 Å². The van der Waals surface area contributed by atoms with Crippen molar-refractivity contribution < 1.29 is 19.8 Å². The van der Waals surface area contributed by atoms with Crippen LogP contribution in [0.4, 0.5) is 0 Å². The summed E-state index contributed by atoms with van der Waals surface area (Å²) in [6.07, 6.45) is 3.88. The number of carboxylic acids is 2. The maximum Gasteiger partial charge on any atom is 0.332 e. The van der Waals surface area contributed by atoms with Crippen LogP contribution in [0.15, 0.2) is 22.8 Å². The minimum Gasteiger partial charge on any atom is -0.481 e. The second-order valence-electron chi connectivity index (χ2n) is 5.67. The van der Waals surface area contributed by atoms with E-state index in [4.69, 9.17) is 11.6 Å². The Hall–Kier alpha value is -1.29. The molecule has 0 aliphatic heterocycles. The number of carbonyl (C=O) groups is 2. The van der Waals surface area contributed by atoms with Crippen molar-refractivity contribution in [2.75, 3.05) is 5.88 Å². The van der Waals surface area contributed by atoms with Gasteiger partial charge in [-0.15, -0.1) is 11.6 Å². The van der Waals surface area contributed by atoms with E-state index in [2.05, 4.69) is 0 Å². The second-order valence-corrected chi connectivity index (χ2v) is 5.94. The molecule has 0 aromatic carbocycles. The molecule has 2 aliphatic rings. The summed E-state index contributed by atoms with van der Waals surface area (Å²) in [6.45, 7) is 3.55. The molecule has 0 spiro atoms. The van der Waals surface area contributed by atoms with Crippen molar-refractivity contribution in [2.24, 2.45) is 17.3 Å². The predicted molar refractivity (Wildman–Crippen MR) is 75.7 cm³/mol. The fourth-order valence-corrected chi connectivity index (χ4v) is 3.77. The number of hydrogen-bond donors (Lipinski definition) is 2. The summed E-state index contributed by atoms with van der Waals surface area (Å²) in [6, 6.07) is 0. The Morgan fingerprint density at radius 3 is 2.35 bits per heavy atom. The van der Waals surface area contributed by atoms with Crippen LogP contribution in [0.3, 0.4) is 0 Å². The molecular weight excluding hydrogens is 280 g/mol. The van der Waals surface area contributed by atoms with Gasteiger partial charge in [-0.2, -0.15) is 0 Å². The molecule has 0 saturated heterocycles. The third-order valence-corrected chi connectivity index (χ3v) is 4.85. The van der Waals surface area contributed by atoms with Crippen molar-refractivity contribution in [1.82, 2.24) is 0 Å². The number of aliphatic carboxylic acids is 2. The Kier molecular flexibility index (Phi) is 3.96. The third-order valence-electron chi connectivity index (χ3n) is 4.58. The highest BCUT2D eigenvalue weighted by molar-refractivity contribution is 6.20. The number of alkyl halides is 1. The molecule has 0 aromatic heterocycles. The summed E-state index contributed by atoms with van der Waals surface area (Å²) in [5, 5.41) is 19.3. The zero-order valence-corrected chi connectivity index (χ0v) is 12.4. The lowest BCUT2D eigenvalue weighted by molar-refractivity contribution is -0.149. The Balaban J connectivity index is 2.67. The zero-order valence-electron chi connectivity index (χ0n) is 11.6.